The average Bonchev–Trinajstić information content (AvgIpc) is 3.81. The summed E-state index contributed by atoms with van der Waals surface area (Å²) < 4.78 is -0.379. The van der Waals surface area contributed by atoms with Crippen molar-refractivity contribution >= 4 is 39.8 Å². The van der Waals surface area contributed by atoms with Gasteiger partial charge in [0.2, 0.25) is 0 Å². The van der Waals surface area contributed by atoms with E-state index in [-0.39, 0.29) is 23.9 Å². The van der Waals surface area contributed by atoms with Gasteiger partial charge in [-0.25, -0.2) is 4.99 Å². The highest BCUT2D eigenvalue weighted by molar-refractivity contribution is 6.02. The van der Waals surface area contributed by atoms with E-state index in [0.717, 1.165) is 34.1 Å². The van der Waals surface area contributed by atoms with Gasteiger partial charge in [-0.05, 0) is 22.9 Å². The smallest absolute Gasteiger partial charge is 0.135 e. The molecule has 2 heterocycles. The highest BCUT2D eigenvalue weighted by Gasteiger charge is 2.38. The lowest BCUT2D eigenvalue weighted by atomic mass is 10.0. The first-order valence-corrected chi connectivity index (χ1v) is 11.8. The normalized spacial score (nSPS) is 17.4. The minimum atomic E-state index is -0.379. The molecule has 178 valence electrons. The number of aliphatic hydroxyl groups excluding tert-OH is 2. The van der Waals surface area contributed by atoms with Crippen LogP contribution >= 0.6 is 0 Å². The fourth-order valence-electron chi connectivity index (χ4n) is 4.45. The highest BCUT2D eigenvalue weighted by atomic mass is 16.6. The molecule has 0 aromatic heterocycles. The Morgan fingerprint density at radius 1 is 1.11 bits per heavy atom. The number of rotatable bonds is 9. The number of quaternary nitrogens is 1. The molecule has 0 radical (unpaired) electrons. The molecule has 3 aromatic rings. The van der Waals surface area contributed by atoms with Crippen molar-refractivity contribution in [2.24, 2.45) is 4.99 Å². The van der Waals surface area contributed by atoms with Crippen LogP contribution in [0.3, 0.4) is 0 Å². The maximum atomic E-state index is 12.6. The van der Waals surface area contributed by atoms with Crippen molar-refractivity contribution in [3.05, 3.63) is 70.4 Å². The van der Waals surface area contributed by atoms with Gasteiger partial charge in [-0.1, -0.05) is 30.3 Å². The quantitative estimate of drug-likeness (QED) is 0.192. The molecular formula is C27H27N5O3. The molecule has 1 atom stereocenters. The number of hydrogen-bond donors (Lipinski definition) is 3. The molecule has 8 heteroatoms. The third-order valence-electron chi connectivity index (χ3n) is 6.54. The first kappa shape index (κ1) is 23.2. The number of nitriles is 1. The third kappa shape index (κ3) is 4.70. The average molecular weight is 470 g/mol. The Hall–Kier alpha value is -3.54. The van der Waals surface area contributed by atoms with Crippen molar-refractivity contribution in [1.82, 2.24) is 9.96 Å². The summed E-state index contributed by atoms with van der Waals surface area (Å²) >= 11 is 0. The van der Waals surface area contributed by atoms with Crippen molar-refractivity contribution in [2.75, 3.05) is 50.8 Å². The van der Waals surface area contributed by atoms with Crippen molar-refractivity contribution in [3.63, 3.8) is 0 Å². The number of aliphatic imine (C=N–C) groups is 1. The monoisotopic (exact) mass is 469 g/mol. The molecule has 2 saturated heterocycles. The molecule has 1 unspecified atom stereocenters. The van der Waals surface area contributed by atoms with Gasteiger partial charge in [0, 0.05) is 60.5 Å². The summed E-state index contributed by atoms with van der Waals surface area (Å²) in [5.74, 6) is 3.03. The van der Waals surface area contributed by atoms with E-state index >= 15 is 0 Å². The van der Waals surface area contributed by atoms with E-state index in [2.05, 4.69) is 22.2 Å². The fraction of sp³-hybridized carbons (Fsp3) is 0.296. The molecule has 0 spiro atoms. The zero-order valence-corrected chi connectivity index (χ0v) is 19.3. The largest absolute Gasteiger partial charge is 0.627 e. The van der Waals surface area contributed by atoms with E-state index < -0.39 is 0 Å². The first-order valence-electron chi connectivity index (χ1n) is 11.8. The van der Waals surface area contributed by atoms with Crippen LogP contribution in [0.5, 0.6) is 0 Å². The minimum absolute atomic E-state index is 0.00676. The lowest BCUT2D eigenvalue weighted by Gasteiger charge is -2.25. The molecule has 0 amide bonds. The number of hydrogen-bond acceptors (Lipinski definition) is 7. The Kier molecular flexibility index (Phi) is 6.37. The van der Waals surface area contributed by atoms with Crippen LogP contribution in [0.1, 0.15) is 22.7 Å². The number of hydroxylamine groups is 2. The van der Waals surface area contributed by atoms with Gasteiger partial charge in [-0.15, -0.1) is 0 Å². The molecule has 2 fully saturated rings. The van der Waals surface area contributed by atoms with Crippen LogP contribution in [0.25, 0.3) is 16.8 Å². The maximum Gasteiger partial charge on any atom is 0.135 e. The summed E-state index contributed by atoms with van der Waals surface area (Å²) in [7, 11) is 0. The molecule has 3 aromatic carbocycles. The third-order valence-corrected chi connectivity index (χ3v) is 6.54. The molecule has 0 bridgehead atoms. The fourth-order valence-corrected chi connectivity index (χ4v) is 4.45. The molecule has 2 aliphatic rings. The van der Waals surface area contributed by atoms with Gasteiger partial charge in [0.1, 0.15) is 24.8 Å². The summed E-state index contributed by atoms with van der Waals surface area (Å²) in [4.78, 5) is 6.51. The summed E-state index contributed by atoms with van der Waals surface area (Å²) in [5.41, 5.74) is 4.27. The Balaban J connectivity index is 1.54. The molecule has 0 saturated carbocycles. The van der Waals surface area contributed by atoms with Crippen molar-refractivity contribution in [2.45, 2.75) is 6.04 Å². The minimum Gasteiger partial charge on any atom is -0.627 e. The van der Waals surface area contributed by atoms with Crippen LogP contribution in [0.15, 0.2) is 53.5 Å². The van der Waals surface area contributed by atoms with E-state index in [1.54, 1.807) is 12.1 Å². The topological polar surface area (TPSA) is 125 Å². The van der Waals surface area contributed by atoms with E-state index in [4.69, 9.17) is 0 Å². The van der Waals surface area contributed by atoms with Gasteiger partial charge in [-0.2, -0.15) is 5.26 Å². The van der Waals surface area contributed by atoms with Crippen LogP contribution in [0.4, 0.5) is 17.1 Å². The number of nitrogens with one attached hydrogen (secondary N) is 1. The second-order valence-corrected chi connectivity index (χ2v) is 8.88. The molecule has 3 N–H and O–H groups in total. The predicted molar refractivity (Wildman–Crippen MR) is 139 cm³/mol. The zero-order chi connectivity index (χ0) is 24.4. The zero-order valence-electron chi connectivity index (χ0n) is 19.3. The van der Waals surface area contributed by atoms with Gasteiger partial charge >= 0.3 is 0 Å². The number of benzene rings is 3. The number of fused-ring (bicyclic) bond motifs is 1. The summed E-state index contributed by atoms with van der Waals surface area (Å²) in [6.45, 7) is 2.72. The van der Waals surface area contributed by atoms with Crippen molar-refractivity contribution in [3.8, 4) is 6.07 Å². The lowest BCUT2D eigenvalue weighted by molar-refractivity contribution is 0.281. The Morgan fingerprint density at radius 2 is 1.83 bits per heavy atom. The molecule has 8 nitrogen and oxygen atoms in total. The van der Waals surface area contributed by atoms with Gasteiger partial charge < -0.3 is 30.3 Å². The Bertz CT molecular complexity index is 1360. The van der Waals surface area contributed by atoms with Crippen LogP contribution in [0.2, 0.25) is 0 Å². The number of nitrogens with zero attached hydrogens (tertiary/aromatic N) is 4. The molecular weight excluding hydrogens is 442 g/mol. The molecule has 35 heavy (non-hydrogen) atoms. The van der Waals surface area contributed by atoms with Gasteiger partial charge in [0.25, 0.3) is 0 Å². The Morgan fingerprint density at radius 3 is 2.46 bits per heavy atom. The van der Waals surface area contributed by atoms with Crippen LogP contribution in [0, 0.1) is 16.5 Å². The van der Waals surface area contributed by atoms with Crippen LogP contribution in [-0.2, 0) is 0 Å². The van der Waals surface area contributed by atoms with Crippen molar-refractivity contribution in [1.29, 1.82) is 5.26 Å². The predicted octanol–water partition coefficient (Wildman–Crippen LogP) is 2.98. The summed E-state index contributed by atoms with van der Waals surface area (Å²) in [6, 6.07) is 17.7. The van der Waals surface area contributed by atoms with E-state index in [1.165, 1.54) is 0 Å². The number of anilines is 1. The maximum absolute atomic E-state index is 12.6. The van der Waals surface area contributed by atoms with Gasteiger partial charge in [-0.3, -0.25) is 0 Å². The second kappa shape index (κ2) is 9.61. The summed E-state index contributed by atoms with van der Waals surface area (Å²) in [5, 5.41) is 46.5. The van der Waals surface area contributed by atoms with E-state index in [1.807, 2.05) is 47.4 Å². The molecule has 0 aliphatic carbocycles. The first-order chi connectivity index (χ1) is 17.1. The Labute approximate surface area is 203 Å². The SMILES string of the molecule is N#Cc1cc([N+]2([O-])CC2)cc(C2CN2)c1N=C=Cc1ccc(N(CCO)CCO)c2ccccc12. The summed E-state index contributed by atoms with van der Waals surface area (Å²) in [6.07, 6.45) is 1.79. The van der Waals surface area contributed by atoms with Crippen LogP contribution < -0.4 is 14.9 Å². The van der Waals surface area contributed by atoms with E-state index in [0.29, 0.717) is 43.1 Å². The van der Waals surface area contributed by atoms with E-state index in [9.17, 15) is 20.7 Å². The van der Waals surface area contributed by atoms with Crippen molar-refractivity contribution < 1.29 is 10.2 Å². The van der Waals surface area contributed by atoms with Crippen LogP contribution in [-0.4, -0.2) is 62.0 Å². The second-order valence-electron chi connectivity index (χ2n) is 8.88. The molecule has 5 rings (SSSR count). The highest BCUT2D eigenvalue weighted by Crippen LogP contribution is 2.41. The standard InChI is InChI=1S/C27H27N5O3/c28-17-20-15-21(32(35)11-12-32)16-24(25-18-30-25)27(20)29-8-7-19-5-6-26(31(9-13-33)10-14-34)23-4-2-1-3-22(19)23/h1-7,15-16,25,30,33-34H,9-14,18H2. The van der Waals surface area contributed by atoms with Gasteiger partial charge in [0.15, 0.2) is 0 Å². The lowest BCUT2D eigenvalue weighted by Crippen LogP contribution is -2.29. The molecule has 2 aliphatic heterocycles. The van der Waals surface area contributed by atoms with Gasteiger partial charge in [0.05, 0.1) is 24.5 Å². The number of aliphatic hydroxyl groups is 2.